The molecule has 1 heterocycles. The van der Waals surface area contributed by atoms with Crippen molar-refractivity contribution in [1.82, 2.24) is 4.90 Å². The smallest absolute Gasteiger partial charge is 0.293 e. The third kappa shape index (κ3) is 5.89. The highest BCUT2D eigenvalue weighted by molar-refractivity contribution is 8.18. The van der Waals surface area contributed by atoms with Crippen LogP contribution in [0.2, 0.25) is 0 Å². The fraction of sp³-hybridized carbons (Fsp3) is 0.227. The second kappa shape index (κ2) is 10.6. The maximum Gasteiger partial charge on any atom is 0.293 e. The Balaban J connectivity index is 1.66. The van der Waals surface area contributed by atoms with Crippen LogP contribution in [0.5, 0.6) is 11.5 Å². The van der Waals surface area contributed by atoms with Crippen LogP contribution in [0.4, 0.5) is 16.2 Å². The van der Waals surface area contributed by atoms with E-state index in [9.17, 15) is 24.5 Å². The lowest BCUT2D eigenvalue weighted by Gasteiger charge is -2.12. The van der Waals surface area contributed by atoms with Crippen LogP contribution in [0.3, 0.4) is 0 Å². The summed E-state index contributed by atoms with van der Waals surface area (Å²) < 4.78 is 10.8. The van der Waals surface area contributed by atoms with E-state index in [0.717, 1.165) is 11.8 Å². The molecule has 2 aromatic carbocycles. The third-order valence-electron chi connectivity index (χ3n) is 4.51. The molecular weight excluding hydrogens is 450 g/mol. The average molecular weight is 471 g/mol. The van der Waals surface area contributed by atoms with Crippen LogP contribution in [-0.4, -0.2) is 47.1 Å². The zero-order chi connectivity index (χ0) is 24.0. The molecule has 0 aromatic heterocycles. The summed E-state index contributed by atoms with van der Waals surface area (Å²) in [5, 5.41) is 13.1. The van der Waals surface area contributed by atoms with Gasteiger partial charge >= 0.3 is 0 Å². The highest BCUT2D eigenvalue weighted by Crippen LogP contribution is 2.34. The molecule has 0 radical (unpaired) electrons. The number of anilines is 1. The molecule has 1 aliphatic rings. The number of non-ortho nitro benzene ring substituents is 1. The number of benzene rings is 2. The Labute approximate surface area is 193 Å². The van der Waals surface area contributed by atoms with Crippen molar-refractivity contribution in [2.75, 3.05) is 25.6 Å². The van der Waals surface area contributed by atoms with Gasteiger partial charge < -0.3 is 14.8 Å². The Kier molecular flexibility index (Phi) is 7.67. The quantitative estimate of drug-likeness (QED) is 0.329. The molecule has 3 rings (SSSR count). The van der Waals surface area contributed by atoms with Crippen molar-refractivity contribution < 1.29 is 28.8 Å². The molecule has 1 N–H and O–H groups in total. The van der Waals surface area contributed by atoms with Gasteiger partial charge in [0.15, 0.2) is 18.1 Å². The Morgan fingerprint density at radius 3 is 2.70 bits per heavy atom. The van der Waals surface area contributed by atoms with Crippen molar-refractivity contribution >= 4 is 46.3 Å². The van der Waals surface area contributed by atoms with Gasteiger partial charge in [0, 0.05) is 24.4 Å². The molecule has 0 saturated carbocycles. The van der Waals surface area contributed by atoms with E-state index < -0.39 is 10.8 Å². The molecule has 1 aliphatic heterocycles. The Morgan fingerprint density at radius 2 is 2.00 bits per heavy atom. The number of carbonyl (C=O) groups is 3. The van der Waals surface area contributed by atoms with Crippen LogP contribution >= 0.6 is 11.8 Å². The summed E-state index contributed by atoms with van der Waals surface area (Å²) in [6.45, 7) is 1.91. The maximum absolute atomic E-state index is 12.4. The van der Waals surface area contributed by atoms with E-state index in [2.05, 4.69) is 5.32 Å². The van der Waals surface area contributed by atoms with Crippen LogP contribution in [0.15, 0.2) is 47.4 Å². The number of nitro groups is 1. The van der Waals surface area contributed by atoms with E-state index in [4.69, 9.17) is 9.47 Å². The van der Waals surface area contributed by atoms with Crippen LogP contribution < -0.4 is 14.8 Å². The molecule has 0 aliphatic carbocycles. The summed E-state index contributed by atoms with van der Waals surface area (Å²) in [5.74, 6) is -0.210. The summed E-state index contributed by atoms with van der Waals surface area (Å²) in [5.41, 5.74) is 0.762. The number of carbonyl (C=O) groups excluding carboxylic acids is 3. The standard InChI is InChI=1S/C22H21N3O7S/c1-3-9-24-21(27)19(33-22(24)28)11-14-7-8-17(18(10-14)31-2)32-13-20(26)23-15-5-4-6-16(12-15)25(29)30/h4-8,10-12H,3,9,13H2,1-2H3,(H,23,26)/b19-11-. The number of hydrogen-bond donors (Lipinski definition) is 1. The summed E-state index contributed by atoms with van der Waals surface area (Å²) in [4.78, 5) is 48.4. The molecule has 2 aromatic rings. The normalized spacial score (nSPS) is 14.5. The number of rotatable bonds is 9. The number of nitrogens with zero attached hydrogens (tertiary/aromatic N) is 2. The van der Waals surface area contributed by atoms with Crippen LogP contribution in [-0.2, 0) is 9.59 Å². The van der Waals surface area contributed by atoms with E-state index in [0.29, 0.717) is 34.9 Å². The largest absolute Gasteiger partial charge is 0.493 e. The SMILES string of the molecule is CCCN1C(=O)S/C(=C\c2ccc(OCC(=O)Nc3cccc([N+](=O)[O-])c3)c(OC)c2)C1=O. The number of methoxy groups -OCH3 is 1. The van der Waals surface area contributed by atoms with Gasteiger partial charge in [0.2, 0.25) is 0 Å². The van der Waals surface area contributed by atoms with E-state index in [-0.39, 0.29) is 29.1 Å². The first-order chi connectivity index (χ1) is 15.8. The summed E-state index contributed by atoms with van der Waals surface area (Å²) in [7, 11) is 1.43. The van der Waals surface area contributed by atoms with Gasteiger partial charge in [-0.3, -0.25) is 29.4 Å². The number of thioether (sulfide) groups is 1. The lowest BCUT2D eigenvalue weighted by Crippen LogP contribution is -2.28. The predicted molar refractivity (Wildman–Crippen MR) is 123 cm³/mol. The van der Waals surface area contributed by atoms with Crippen LogP contribution in [0.1, 0.15) is 18.9 Å². The molecule has 3 amide bonds. The second-order valence-electron chi connectivity index (χ2n) is 6.89. The molecule has 33 heavy (non-hydrogen) atoms. The predicted octanol–water partition coefficient (Wildman–Crippen LogP) is 4.07. The lowest BCUT2D eigenvalue weighted by molar-refractivity contribution is -0.384. The van der Waals surface area contributed by atoms with Crippen LogP contribution in [0.25, 0.3) is 6.08 Å². The van der Waals surface area contributed by atoms with Gasteiger partial charge in [-0.05, 0) is 48.0 Å². The topological polar surface area (TPSA) is 128 Å². The van der Waals surface area contributed by atoms with Gasteiger partial charge in [0.1, 0.15) is 0 Å². The molecular formula is C22H21N3O7S. The second-order valence-corrected chi connectivity index (χ2v) is 7.88. The minimum absolute atomic E-state index is 0.140. The zero-order valence-corrected chi connectivity index (χ0v) is 18.7. The highest BCUT2D eigenvalue weighted by atomic mass is 32.2. The Hall–Kier alpha value is -3.86. The first kappa shape index (κ1) is 23.8. The van der Waals surface area contributed by atoms with Gasteiger partial charge in [0.25, 0.3) is 22.7 Å². The molecule has 1 saturated heterocycles. The molecule has 0 unspecified atom stereocenters. The minimum Gasteiger partial charge on any atom is -0.493 e. The number of imide groups is 1. The molecule has 172 valence electrons. The number of nitrogens with one attached hydrogen (secondary N) is 1. The number of hydrogen-bond acceptors (Lipinski definition) is 8. The minimum atomic E-state index is -0.553. The summed E-state index contributed by atoms with van der Waals surface area (Å²) in [6.07, 6.45) is 2.28. The van der Waals surface area contributed by atoms with Crippen molar-refractivity contribution in [3.05, 3.63) is 63.0 Å². The van der Waals surface area contributed by atoms with Crippen molar-refractivity contribution in [2.24, 2.45) is 0 Å². The monoisotopic (exact) mass is 471 g/mol. The van der Waals surface area contributed by atoms with Gasteiger partial charge in [-0.1, -0.05) is 19.1 Å². The summed E-state index contributed by atoms with van der Waals surface area (Å²) >= 11 is 0.883. The summed E-state index contributed by atoms with van der Waals surface area (Å²) in [6, 6.07) is 10.4. The first-order valence-corrected chi connectivity index (χ1v) is 10.7. The van der Waals surface area contributed by atoms with E-state index in [1.807, 2.05) is 6.92 Å². The average Bonchev–Trinajstić information content (AvgIpc) is 3.05. The Bertz CT molecular complexity index is 1130. The lowest BCUT2D eigenvalue weighted by atomic mass is 10.2. The highest BCUT2D eigenvalue weighted by Gasteiger charge is 2.34. The van der Waals surface area contributed by atoms with Gasteiger partial charge in [-0.2, -0.15) is 0 Å². The molecule has 1 fully saturated rings. The van der Waals surface area contributed by atoms with Gasteiger partial charge in [-0.25, -0.2) is 0 Å². The molecule has 0 bridgehead atoms. The number of nitro benzene ring substituents is 1. The zero-order valence-electron chi connectivity index (χ0n) is 17.9. The van der Waals surface area contributed by atoms with Gasteiger partial charge in [-0.15, -0.1) is 0 Å². The molecule has 0 spiro atoms. The van der Waals surface area contributed by atoms with Crippen molar-refractivity contribution in [3.8, 4) is 11.5 Å². The first-order valence-electron chi connectivity index (χ1n) is 9.93. The fourth-order valence-corrected chi connectivity index (χ4v) is 3.86. The van der Waals surface area contributed by atoms with Crippen molar-refractivity contribution in [2.45, 2.75) is 13.3 Å². The van der Waals surface area contributed by atoms with Crippen molar-refractivity contribution in [1.29, 1.82) is 0 Å². The van der Waals surface area contributed by atoms with E-state index in [1.165, 1.54) is 36.3 Å². The van der Waals surface area contributed by atoms with Crippen molar-refractivity contribution in [3.63, 3.8) is 0 Å². The number of amides is 3. The maximum atomic E-state index is 12.4. The molecule has 0 atom stereocenters. The van der Waals surface area contributed by atoms with Gasteiger partial charge in [0.05, 0.1) is 16.9 Å². The molecule has 11 heteroatoms. The third-order valence-corrected chi connectivity index (χ3v) is 5.41. The Morgan fingerprint density at radius 1 is 1.21 bits per heavy atom. The van der Waals surface area contributed by atoms with E-state index >= 15 is 0 Å². The fourth-order valence-electron chi connectivity index (χ4n) is 3.00. The molecule has 10 nitrogen and oxygen atoms in total. The van der Waals surface area contributed by atoms with Crippen LogP contribution in [0, 0.1) is 10.1 Å². The number of ether oxygens (including phenoxy) is 2. The van der Waals surface area contributed by atoms with E-state index in [1.54, 1.807) is 24.3 Å².